The third kappa shape index (κ3) is 4.87. The number of aromatic nitrogens is 1. The van der Waals surface area contributed by atoms with Crippen molar-refractivity contribution >= 4 is 43.7 Å². The lowest BCUT2D eigenvalue weighted by Gasteiger charge is -2.24. The number of halogens is 3. The van der Waals surface area contributed by atoms with Crippen molar-refractivity contribution in [3.63, 3.8) is 0 Å². The number of hydrogen-bond acceptors (Lipinski definition) is 10. The molecule has 0 spiro atoms. The van der Waals surface area contributed by atoms with Crippen LogP contribution in [0.2, 0.25) is 0 Å². The molecule has 0 bridgehead atoms. The van der Waals surface area contributed by atoms with Crippen LogP contribution in [0.15, 0.2) is 98.0 Å². The van der Waals surface area contributed by atoms with Gasteiger partial charge in [-0.05, 0) is 42.0 Å². The number of nitrogens with zero attached hydrogens (tertiary/aromatic N) is 3. The molecule has 3 heterocycles. The molecule has 2 aromatic carbocycles. The van der Waals surface area contributed by atoms with Gasteiger partial charge in [0.05, 0.1) is 39.5 Å². The van der Waals surface area contributed by atoms with Crippen LogP contribution >= 0.6 is 11.3 Å². The summed E-state index contributed by atoms with van der Waals surface area (Å²) in [6, 6.07) is 8.67. The maximum absolute atomic E-state index is 13.2. The molecule has 16 heteroatoms. The van der Waals surface area contributed by atoms with E-state index in [1.54, 1.807) is 0 Å². The SMILES string of the molecule is O=C(C1=C(O)C(=O)N(c2ncc(S(=O)(=O)c3ccc([N+](=O)[O-])cc3)s2)C1c1ccc(C(F)(F)F)cc1)c1ccco1. The summed E-state index contributed by atoms with van der Waals surface area (Å²) in [6.45, 7) is 0. The number of alkyl halides is 3. The lowest BCUT2D eigenvalue weighted by Crippen LogP contribution is -2.31. The third-order valence-electron chi connectivity index (χ3n) is 6.05. The molecule has 1 aliphatic heterocycles. The van der Waals surface area contributed by atoms with Crippen LogP contribution in [0.4, 0.5) is 24.0 Å². The van der Waals surface area contributed by atoms with E-state index in [-0.39, 0.29) is 31.2 Å². The topological polar surface area (TPSA) is 161 Å². The molecule has 210 valence electrons. The van der Waals surface area contributed by atoms with E-state index in [0.717, 1.165) is 59.6 Å². The third-order valence-corrected chi connectivity index (χ3v) is 9.28. The smallest absolute Gasteiger partial charge is 0.416 e. The zero-order chi connectivity index (χ0) is 29.7. The van der Waals surface area contributed by atoms with Gasteiger partial charge in [0.15, 0.2) is 16.7 Å². The largest absolute Gasteiger partial charge is 0.503 e. The summed E-state index contributed by atoms with van der Waals surface area (Å²) in [7, 11) is -4.28. The number of aliphatic hydroxyl groups is 1. The standard InChI is InChI=1S/C25H14F3N3O8S2/c26-25(27,28)14-5-3-13(4-6-14)20-19(21(32)17-2-1-11-39-17)22(33)23(34)30(20)24-29-12-18(40-24)41(37,38)16-9-7-15(8-10-16)31(35)36/h1-12,20,33H. The first-order valence-corrected chi connectivity index (χ1v) is 13.6. The number of rotatable bonds is 7. The van der Waals surface area contributed by atoms with Crippen LogP contribution in [0.1, 0.15) is 27.7 Å². The highest BCUT2D eigenvalue weighted by molar-refractivity contribution is 7.93. The van der Waals surface area contributed by atoms with Gasteiger partial charge >= 0.3 is 6.18 Å². The fourth-order valence-corrected chi connectivity index (χ4v) is 6.64. The Bertz CT molecular complexity index is 1810. The van der Waals surface area contributed by atoms with Crippen molar-refractivity contribution in [1.82, 2.24) is 4.98 Å². The average Bonchev–Trinajstić information content (AvgIpc) is 3.69. The molecule has 0 radical (unpaired) electrons. The Morgan fingerprint density at radius 3 is 2.32 bits per heavy atom. The number of anilines is 1. The van der Waals surface area contributed by atoms with E-state index in [9.17, 15) is 46.4 Å². The zero-order valence-corrected chi connectivity index (χ0v) is 21.7. The van der Waals surface area contributed by atoms with Gasteiger partial charge in [0.1, 0.15) is 4.21 Å². The first kappa shape index (κ1) is 27.7. The molecule has 5 rings (SSSR count). The average molecular weight is 606 g/mol. The highest BCUT2D eigenvalue weighted by atomic mass is 32.2. The van der Waals surface area contributed by atoms with E-state index < -0.39 is 55.6 Å². The summed E-state index contributed by atoms with van der Waals surface area (Å²) < 4.78 is 70.6. The molecule has 2 aromatic heterocycles. The Labute approximate surface area is 231 Å². The normalized spacial score (nSPS) is 15.9. The van der Waals surface area contributed by atoms with Crippen LogP contribution in [0.25, 0.3) is 0 Å². The maximum atomic E-state index is 13.2. The van der Waals surface area contributed by atoms with Crippen molar-refractivity contribution in [2.75, 3.05) is 4.90 Å². The predicted molar refractivity (Wildman–Crippen MR) is 135 cm³/mol. The quantitative estimate of drug-likeness (QED) is 0.168. The van der Waals surface area contributed by atoms with Crippen LogP contribution in [-0.2, 0) is 20.8 Å². The number of ketones is 1. The number of benzene rings is 2. The van der Waals surface area contributed by atoms with Crippen molar-refractivity contribution in [3.05, 3.63) is 111 Å². The molecule has 1 unspecified atom stereocenters. The van der Waals surface area contributed by atoms with Gasteiger partial charge in [0, 0.05) is 12.1 Å². The van der Waals surface area contributed by atoms with E-state index in [1.807, 2.05) is 0 Å². The maximum Gasteiger partial charge on any atom is 0.416 e. The van der Waals surface area contributed by atoms with Crippen LogP contribution in [-0.4, -0.2) is 35.1 Å². The van der Waals surface area contributed by atoms with E-state index in [2.05, 4.69) is 4.98 Å². The van der Waals surface area contributed by atoms with Gasteiger partial charge in [-0.15, -0.1) is 0 Å². The molecule has 1 aliphatic rings. The molecule has 11 nitrogen and oxygen atoms in total. The number of thiazole rings is 1. The van der Waals surface area contributed by atoms with Crippen molar-refractivity contribution in [3.8, 4) is 0 Å². The van der Waals surface area contributed by atoms with Gasteiger partial charge in [-0.1, -0.05) is 23.5 Å². The summed E-state index contributed by atoms with van der Waals surface area (Å²) >= 11 is 0.485. The molecular formula is C25H14F3N3O8S2. The molecule has 0 saturated carbocycles. The van der Waals surface area contributed by atoms with E-state index >= 15 is 0 Å². The van der Waals surface area contributed by atoms with Crippen LogP contribution < -0.4 is 4.90 Å². The lowest BCUT2D eigenvalue weighted by atomic mass is 9.94. The summed E-state index contributed by atoms with van der Waals surface area (Å²) in [4.78, 5) is 41.2. The predicted octanol–water partition coefficient (Wildman–Crippen LogP) is 5.28. The molecule has 41 heavy (non-hydrogen) atoms. The van der Waals surface area contributed by atoms with Crippen LogP contribution in [0, 0.1) is 10.1 Å². The number of furan rings is 1. The number of carbonyl (C=O) groups is 2. The number of carbonyl (C=O) groups excluding carboxylic acids is 2. The van der Waals surface area contributed by atoms with E-state index in [1.165, 1.54) is 18.4 Å². The summed E-state index contributed by atoms with van der Waals surface area (Å²) in [6.07, 6.45) is -2.59. The van der Waals surface area contributed by atoms with Crippen molar-refractivity contribution in [2.24, 2.45) is 0 Å². The number of hydrogen-bond donors (Lipinski definition) is 1. The van der Waals surface area contributed by atoms with Crippen molar-refractivity contribution < 1.29 is 45.6 Å². The number of amides is 1. The number of sulfone groups is 1. The molecule has 4 aromatic rings. The Kier molecular flexibility index (Phi) is 6.74. The molecular weight excluding hydrogens is 591 g/mol. The first-order valence-electron chi connectivity index (χ1n) is 11.3. The Morgan fingerprint density at radius 2 is 1.76 bits per heavy atom. The lowest BCUT2D eigenvalue weighted by molar-refractivity contribution is -0.384. The van der Waals surface area contributed by atoms with Crippen molar-refractivity contribution in [2.45, 2.75) is 21.3 Å². The van der Waals surface area contributed by atoms with Gasteiger partial charge in [0.25, 0.3) is 11.6 Å². The van der Waals surface area contributed by atoms with Crippen LogP contribution in [0.3, 0.4) is 0 Å². The molecule has 0 aliphatic carbocycles. The minimum atomic E-state index is -4.68. The molecule has 1 atom stereocenters. The zero-order valence-electron chi connectivity index (χ0n) is 20.1. The summed E-state index contributed by atoms with van der Waals surface area (Å²) in [5, 5.41) is 21.3. The molecule has 0 saturated heterocycles. The Balaban J connectivity index is 1.58. The van der Waals surface area contributed by atoms with E-state index in [0.29, 0.717) is 11.3 Å². The Morgan fingerprint density at radius 1 is 1.10 bits per heavy atom. The van der Waals surface area contributed by atoms with E-state index in [4.69, 9.17) is 4.42 Å². The highest BCUT2D eigenvalue weighted by Crippen LogP contribution is 2.44. The molecule has 1 amide bonds. The second kappa shape index (κ2) is 9.97. The summed E-state index contributed by atoms with van der Waals surface area (Å²) in [5.74, 6) is -3.37. The van der Waals surface area contributed by atoms with Gasteiger partial charge in [-0.25, -0.2) is 13.4 Å². The van der Waals surface area contributed by atoms with Gasteiger partial charge < -0.3 is 9.52 Å². The second-order valence-electron chi connectivity index (χ2n) is 8.48. The number of nitro groups is 1. The van der Waals surface area contributed by atoms with Crippen molar-refractivity contribution in [1.29, 1.82) is 0 Å². The fourth-order valence-electron chi connectivity index (χ4n) is 4.09. The molecule has 1 N–H and O–H groups in total. The minimum absolute atomic E-state index is 0.0136. The Hall–Kier alpha value is -4.83. The minimum Gasteiger partial charge on any atom is -0.503 e. The number of nitro benzene ring substituents is 1. The molecule has 0 fully saturated rings. The summed E-state index contributed by atoms with van der Waals surface area (Å²) in [5.41, 5.74) is -1.87. The van der Waals surface area contributed by atoms with Gasteiger partial charge in [-0.3, -0.25) is 24.6 Å². The number of Topliss-reactive ketones (excluding diaryl/α,β-unsaturated/α-hetero) is 1. The van der Waals surface area contributed by atoms with Gasteiger partial charge in [0.2, 0.25) is 15.6 Å². The number of aliphatic hydroxyl groups excluding tert-OH is 1. The highest BCUT2D eigenvalue weighted by Gasteiger charge is 2.47. The fraction of sp³-hybridized carbons (Fsp3) is 0.0800. The second-order valence-corrected chi connectivity index (χ2v) is 11.7. The first-order chi connectivity index (χ1) is 19.3. The van der Waals surface area contributed by atoms with Crippen LogP contribution in [0.5, 0.6) is 0 Å². The number of non-ortho nitro benzene ring substituents is 1. The van der Waals surface area contributed by atoms with Gasteiger partial charge in [-0.2, -0.15) is 13.2 Å². The monoisotopic (exact) mass is 605 g/mol.